The maximum absolute atomic E-state index is 3.57. The molecule has 20 heavy (non-hydrogen) atoms. The first-order valence-corrected chi connectivity index (χ1v) is 8.07. The van der Waals surface area contributed by atoms with Crippen molar-refractivity contribution in [3.63, 3.8) is 0 Å². The van der Waals surface area contributed by atoms with Gasteiger partial charge in [0.2, 0.25) is 0 Å². The van der Waals surface area contributed by atoms with Crippen LogP contribution in [0.25, 0.3) is 10.9 Å². The van der Waals surface area contributed by atoms with Crippen LogP contribution in [0.3, 0.4) is 0 Å². The molecule has 2 nitrogen and oxygen atoms in total. The number of nitrogens with zero attached hydrogens (tertiary/aromatic N) is 1. The van der Waals surface area contributed by atoms with Gasteiger partial charge in [0.25, 0.3) is 0 Å². The van der Waals surface area contributed by atoms with E-state index in [1.165, 1.54) is 55.1 Å². The number of unbranched alkanes of at least 4 members (excludes halogenated alkanes) is 5. The number of benzene rings is 1. The molecule has 0 saturated heterocycles. The van der Waals surface area contributed by atoms with Crippen LogP contribution in [0, 0.1) is 0 Å². The lowest BCUT2D eigenvalue weighted by atomic mass is 10.1. The minimum atomic E-state index is 0.972. The van der Waals surface area contributed by atoms with Crippen LogP contribution in [0.2, 0.25) is 0 Å². The van der Waals surface area contributed by atoms with E-state index in [1.54, 1.807) is 0 Å². The Morgan fingerprint density at radius 3 is 2.55 bits per heavy atom. The molecule has 0 aliphatic rings. The average Bonchev–Trinajstić information content (AvgIpc) is 2.79. The van der Waals surface area contributed by atoms with Crippen LogP contribution < -0.4 is 5.32 Å². The normalized spacial score (nSPS) is 11.3. The van der Waals surface area contributed by atoms with Crippen molar-refractivity contribution in [1.82, 2.24) is 9.88 Å². The van der Waals surface area contributed by atoms with E-state index in [-0.39, 0.29) is 0 Å². The number of aryl methyl sites for hydroxylation is 1. The molecule has 0 atom stereocenters. The highest BCUT2D eigenvalue weighted by Gasteiger charge is 2.03. The van der Waals surface area contributed by atoms with E-state index < -0.39 is 0 Å². The lowest BCUT2D eigenvalue weighted by Gasteiger charge is -2.06. The Kier molecular flexibility index (Phi) is 6.13. The summed E-state index contributed by atoms with van der Waals surface area (Å²) in [7, 11) is 2.16. The van der Waals surface area contributed by atoms with E-state index in [9.17, 15) is 0 Å². The summed E-state index contributed by atoms with van der Waals surface area (Å²) in [4.78, 5) is 0. The van der Waals surface area contributed by atoms with E-state index in [0.717, 1.165) is 13.1 Å². The van der Waals surface area contributed by atoms with Gasteiger partial charge in [0.05, 0.1) is 0 Å². The Balaban J connectivity index is 1.69. The molecular weight excluding hydrogens is 244 g/mol. The fraction of sp³-hybridized carbons (Fsp3) is 0.556. The molecule has 1 heterocycles. The molecule has 0 aliphatic carbocycles. The second-order valence-electron chi connectivity index (χ2n) is 5.70. The van der Waals surface area contributed by atoms with Gasteiger partial charge in [-0.15, -0.1) is 0 Å². The monoisotopic (exact) mass is 272 g/mol. The third-order valence-electron chi connectivity index (χ3n) is 4.06. The smallest absolute Gasteiger partial charge is 0.0480 e. The molecule has 0 fully saturated rings. The summed E-state index contributed by atoms with van der Waals surface area (Å²) in [5.74, 6) is 0. The second-order valence-corrected chi connectivity index (χ2v) is 5.70. The van der Waals surface area contributed by atoms with Gasteiger partial charge in [-0.1, -0.05) is 57.2 Å². The lowest BCUT2D eigenvalue weighted by Crippen LogP contribution is -2.16. The predicted molar refractivity (Wildman–Crippen MR) is 88.0 cm³/mol. The number of nitrogens with one attached hydrogen (secondary N) is 1. The largest absolute Gasteiger partial charge is 0.346 e. The van der Waals surface area contributed by atoms with Crippen LogP contribution in [-0.4, -0.2) is 11.1 Å². The number of hydrogen-bond donors (Lipinski definition) is 1. The first kappa shape index (κ1) is 15.1. The standard InChI is InChI=1S/C18H28N2/c1-3-4-5-6-7-10-13-19-15-17-14-16-11-8-9-12-18(16)20(17)2/h8-9,11-12,14,19H,3-7,10,13,15H2,1-2H3. The zero-order chi connectivity index (χ0) is 14.2. The predicted octanol–water partition coefficient (Wildman–Crippen LogP) is 4.63. The van der Waals surface area contributed by atoms with Crippen molar-refractivity contribution < 1.29 is 0 Å². The van der Waals surface area contributed by atoms with Crippen LogP contribution in [0.4, 0.5) is 0 Å². The molecule has 1 N–H and O–H groups in total. The molecular formula is C18H28N2. The van der Waals surface area contributed by atoms with Crippen molar-refractivity contribution in [3.05, 3.63) is 36.0 Å². The van der Waals surface area contributed by atoms with Crippen molar-refractivity contribution in [2.24, 2.45) is 7.05 Å². The fourth-order valence-electron chi connectivity index (χ4n) is 2.76. The Hall–Kier alpha value is -1.28. The molecule has 0 spiro atoms. The molecule has 1 aromatic heterocycles. The Morgan fingerprint density at radius 2 is 1.75 bits per heavy atom. The van der Waals surface area contributed by atoms with Crippen LogP contribution in [0.5, 0.6) is 0 Å². The molecule has 0 saturated carbocycles. The van der Waals surface area contributed by atoms with E-state index >= 15 is 0 Å². The van der Waals surface area contributed by atoms with Crippen LogP contribution >= 0.6 is 0 Å². The van der Waals surface area contributed by atoms with Gasteiger partial charge in [0.15, 0.2) is 0 Å². The van der Waals surface area contributed by atoms with Gasteiger partial charge in [-0.3, -0.25) is 0 Å². The number of hydrogen-bond acceptors (Lipinski definition) is 1. The van der Waals surface area contributed by atoms with Crippen LogP contribution in [-0.2, 0) is 13.6 Å². The third kappa shape index (κ3) is 4.11. The molecule has 0 bridgehead atoms. The number of para-hydroxylation sites is 1. The summed E-state index contributed by atoms with van der Waals surface area (Å²) in [6, 6.07) is 10.9. The quantitative estimate of drug-likeness (QED) is 0.659. The van der Waals surface area contributed by atoms with E-state index in [0.29, 0.717) is 0 Å². The van der Waals surface area contributed by atoms with Gasteiger partial charge in [-0.25, -0.2) is 0 Å². The van der Waals surface area contributed by atoms with Crippen molar-refractivity contribution in [3.8, 4) is 0 Å². The number of aromatic nitrogens is 1. The Morgan fingerprint density at radius 1 is 1.00 bits per heavy atom. The minimum Gasteiger partial charge on any atom is -0.346 e. The SMILES string of the molecule is CCCCCCCCNCc1cc2ccccc2n1C. The summed E-state index contributed by atoms with van der Waals surface area (Å²) in [6.45, 7) is 4.37. The summed E-state index contributed by atoms with van der Waals surface area (Å²) in [5, 5.41) is 4.91. The Bertz CT molecular complexity index is 513. The van der Waals surface area contributed by atoms with E-state index in [2.05, 4.69) is 54.2 Å². The highest BCUT2D eigenvalue weighted by atomic mass is 15.0. The summed E-state index contributed by atoms with van der Waals surface area (Å²) in [6.07, 6.45) is 8.18. The van der Waals surface area contributed by atoms with Crippen molar-refractivity contribution in [2.45, 2.75) is 52.0 Å². The first-order valence-electron chi connectivity index (χ1n) is 8.07. The molecule has 1 aromatic carbocycles. The topological polar surface area (TPSA) is 17.0 Å². The molecule has 2 aromatic rings. The van der Waals surface area contributed by atoms with Crippen LogP contribution in [0.1, 0.15) is 51.1 Å². The molecule has 0 unspecified atom stereocenters. The van der Waals surface area contributed by atoms with Crippen molar-refractivity contribution in [2.75, 3.05) is 6.54 Å². The molecule has 0 radical (unpaired) electrons. The zero-order valence-corrected chi connectivity index (χ0v) is 13.0. The molecule has 0 amide bonds. The minimum absolute atomic E-state index is 0.972. The van der Waals surface area contributed by atoms with Gasteiger partial charge in [-0.2, -0.15) is 0 Å². The average molecular weight is 272 g/mol. The lowest BCUT2D eigenvalue weighted by molar-refractivity contribution is 0.566. The summed E-state index contributed by atoms with van der Waals surface area (Å²) in [5.41, 5.74) is 2.70. The molecule has 0 aliphatic heterocycles. The van der Waals surface area contributed by atoms with Crippen LogP contribution in [0.15, 0.2) is 30.3 Å². The third-order valence-corrected chi connectivity index (χ3v) is 4.06. The molecule has 110 valence electrons. The number of rotatable bonds is 9. The van der Waals surface area contributed by atoms with E-state index in [4.69, 9.17) is 0 Å². The van der Waals surface area contributed by atoms with Gasteiger partial charge in [0, 0.05) is 24.8 Å². The number of fused-ring (bicyclic) bond motifs is 1. The highest BCUT2D eigenvalue weighted by molar-refractivity contribution is 5.81. The van der Waals surface area contributed by atoms with Gasteiger partial charge >= 0.3 is 0 Å². The fourth-order valence-corrected chi connectivity index (χ4v) is 2.76. The first-order chi connectivity index (χ1) is 9.83. The Labute approximate surface area is 123 Å². The second kappa shape index (κ2) is 8.11. The molecule has 2 heteroatoms. The van der Waals surface area contributed by atoms with Gasteiger partial charge in [-0.05, 0) is 30.5 Å². The summed E-state index contributed by atoms with van der Waals surface area (Å²) >= 11 is 0. The van der Waals surface area contributed by atoms with Crippen molar-refractivity contribution >= 4 is 10.9 Å². The maximum atomic E-state index is 3.57. The van der Waals surface area contributed by atoms with Gasteiger partial charge in [0.1, 0.15) is 0 Å². The molecule has 2 rings (SSSR count). The highest BCUT2D eigenvalue weighted by Crippen LogP contribution is 2.18. The summed E-state index contributed by atoms with van der Waals surface area (Å²) < 4.78 is 2.30. The maximum Gasteiger partial charge on any atom is 0.0480 e. The van der Waals surface area contributed by atoms with Crippen molar-refractivity contribution in [1.29, 1.82) is 0 Å². The van der Waals surface area contributed by atoms with E-state index in [1.807, 2.05) is 0 Å². The van der Waals surface area contributed by atoms with Gasteiger partial charge < -0.3 is 9.88 Å². The zero-order valence-electron chi connectivity index (χ0n) is 13.0.